The molecule has 0 fully saturated rings. The van der Waals surface area contributed by atoms with Gasteiger partial charge in [0.25, 0.3) is 0 Å². The van der Waals surface area contributed by atoms with Crippen molar-refractivity contribution in [1.82, 2.24) is 0 Å². The maximum absolute atomic E-state index is 2.29. The third-order valence-corrected chi connectivity index (χ3v) is 3.42. The van der Waals surface area contributed by atoms with Crippen molar-refractivity contribution in [2.45, 2.75) is 23.3 Å². The van der Waals surface area contributed by atoms with Crippen LogP contribution in [0, 0.1) is 0 Å². The van der Waals surface area contributed by atoms with Gasteiger partial charge in [0.15, 0.2) is 0 Å². The van der Waals surface area contributed by atoms with Gasteiger partial charge in [0.1, 0.15) is 0 Å². The third kappa shape index (κ3) is 2.63. The fraction of sp³-hybridized carbons (Fsp3) is 0.333. The van der Waals surface area contributed by atoms with Gasteiger partial charge in [-0.2, -0.15) is 0 Å². The molecule has 0 nitrogen and oxygen atoms in total. The fourth-order valence-corrected chi connectivity index (χ4v) is 2.67. The number of allylic oxidation sites excluding steroid dienone is 4. The Bertz CT molecular complexity index is 219. The van der Waals surface area contributed by atoms with Gasteiger partial charge in [0, 0.05) is 10.5 Å². The highest BCUT2D eigenvalue weighted by Crippen LogP contribution is 2.26. The van der Waals surface area contributed by atoms with E-state index in [1.54, 1.807) is 0 Å². The zero-order valence-electron chi connectivity index (χ0n) is 7.60. The standard InChI is InChI=1S/C12H14S/c1-3-7-11(8-4-1)13-12-9-5-2-6-10-12/h3-12H,1-2H2. The lowest BCUT2D eigenvalue weighted by Gasteiger charge is -2.16. The van der Waals surface area contributed by atoms with Gasteiger partial charge in [-0.1, -0.05) is 48.6 Å². The molecule has 0 saturated heterocycles. The first-order valence-electron chi connectivity index (χ1n) is 4.77. The second-order valence-corrected chi connectivity index (χ2v) is 4.61. The molecule has 0 saturated carbocycles. The molecule has 68 valence electrons. The predicted molar refractivity (Wildman–Crippen MR) is 61.0 cm³/mol. The number of rotatable bonds is 2. The summed E-state index contributed by atoms with van der Waals surface area (Å²) in [6.07, 6.45) is 20.4. The van der Waals surface area contributed by atoms with Crippen LogP contribution in [0.2, 0.25) is 0 Å². The summed E-state index contributed by atoms with van der Waals surface area (Å²) < 4.78 is 0. The van der Waals surface area contributed by atoms with Crippen LogP contribution in [0.4, 0.5) is 0 Å². The van der Waals surface area contributed by atoms with E-state index in [2.05, 4.69) is 48.6 Å². The van der Waals surface area contributed by atoms with Crippen molar-refractivity contribution >= 4 is 11.8 Å². The Hall–Kier alpha value is -0.690. The Labute approximate surface area is 84.1 Å². The highest BCUT2D eigenvalue weighted by Gasteiger charge is 2.09. The smallest absolute Gasteiger partial charge is 0.0416 e. The normalized spacial score (nSPS) is 22.8. The molecule has 0 aromatic rings. The van der Waals surface area contributed by atoms with Crippen LogP contribution in [0.3, 0.4) is 0 Å². The number of hydrogen-bond donors (Lipinski definition) is 0. The van der Waals surface area contributed by atoms with Crippen molar-refractivity contribution in [2.75, 3.05) is 0 Å². The van der Waals surface area contributed by atoms with Gasteiger partial charge in [0.05, 0.1) is 0 Å². The van der Waals surface area contributed by atoms with Crippen LogP contribution in [0.5, 0.6) is 0 Å². The second-order valence-electron chi connectivity index (χ2n) is 3.25. The summed E-state index contributed by atoms with van der Waals surface area (Å²) >= 11 is 1.99. The minimum absolute atomic E-state index is 0.575. The molecule has 2 aliphatic carbocycles. The molecule has 1 heteroatoms. The Morgan fingerprint density at radius 2 is 1.08 bits per heavy atom. The summed E-state index contributed by atoms with van der Waals surface area (Å²) in [5.74, 6) is 0. The molecule has 0 unspecified atom stereocenters. The van der Waals surface area contributed by atoms with Gasteiger partial charge in [-0.05, 0) is 12.8 Å². The van der Waals surface area contributed by atoms with Gasteiger partial charge in [-0.15, -0.1) is 11.8 Å². The van der Waals surface area contributed by atoms with Crippen LogP contribution in [0.15, 0.2) is 48.6 Å². The van der Waals surface area contributed by atoms with Gasteiger partial charge in [-0.3, -0.25) is 0 Å². The summed E-state index contributed by atoms with van der Waals surface area (Å²) in [6, 6.07) is 0. The number of thioether (sulfide) groups is 1. The van der Waals surface area contributed by atoms with Crippen molar-refractivity contribution in [3.8, 4) is 0 Å². The lowest BCUT2D eigenvalue weighted by molar-refractivity contribution is 1.21. The Balaban J connectivity index is 1.89. The Morgan fingerprint density at radius 3 is 1.46 bits per heavy atom. The summed E-state index contributed by atoms with van der Waals surface area (Å²) in [6.45, 7) is 0. The monoisotopic (exact) mass is 190 g/mol. The van der Waals surface area contributed by atoms with Crippen LogP contribution >= 0.6 is 11.8 Å². The van der Waals surface area contributed by atoms with E-state index in [1.165, 1.54) is 0 Å². The van der Waals surface area contributed by atoms with Crippen molar-refractivity contribution in [2.24, 2.45) is 0 Å². The topological polar surface area (TPSA) is 0 Å². The molecule has 0 atom stereocenters. The van der Waals surface area contributed by atoms with Crippen molar-refractivity contribution in [3.63, 3.8) is 0 Å². The molecule has 0 radical (unpaired) electrons. The van der Waals surface area contributed by atoms with Gasteiger partial charge >= 0.3 is 0 Å². The van der Waals surface area contributed by atoms with Gasteiger partial charge in [0.2, 0.25) is 0 Å². The van der Waals surface area contributed by atoms with Crippen LogP contribution in [-0.4, -0.2) is 10.5 Å². The molecule has 2 aliphatic rings. The molecule has 0 aromatic heterocycles. The highest BCUT2D eigenvalue weighted by molar-refractivity contribution is 8.01. The molecule has 0 spiro atoms. The van der Waals surface area contributed by atoms with Crippen LogP contribution in [-0.2, 0) is 0 Å². The highest BCUT2D eigenvalue weighted by atomic mass is 32.2. The maximum atomic E-state index is 2.29. The molecule has 0 bridgehead atoms. The van der Waals surface area contributed by atoms with Crippen LogP contribution in [0.25, 0.3) is 0 Å². The van der Waals surface area contributed by atoms with Crippen LogP contribution < -0.4 is 0 Å². The Morgan fingerprint density at radius 1 is 0.692 bits per heavy atom. The van der Waals surface area contributed by atoms with Crippen LogP contribution in [0.1, 0.15) is 12.8 Å². The van der Waals surface area contributed by atoms with E-state index in [0.717, 1.165) is 12.8 Å². The molecule has 13 heavy (non-hydrogen) atoms. The zero-order chi connectivity index (χ0) is 8.93. The van der Waals surface area contributed by atoms with E-state index in [9.17, 15) is 0 Å². The summed E-state index contributed by atoms with van der Waals surface area (Å²) in [7, 11) is 0. The van der Waals surface area contributed by atoms with Gasteiger partial charge in [-0.25, -0.2) is 0 Å². The minimum Gasteiger partial charge on any atom is -0.138 e. The average molecular weight is 190 g/mol. The zero-order valence-corrected chi connectivity index (χ0v) is 8.41. The molecule has 0 aliphatic heterocycles. The van der Waals surface area contributed by atoms with Crippen molar-refractivity contribution in [3.05, 3.63) is 48.6 Å². The van der Waals surface area contributed by atoms with Gasteiger partial charge < -0.3 is 0 Å². The lowest BCUT2D eigenvalue weighted by Crippen LogP contribution is -2.05. The quantitative estimate of drug-likeness (QED) is 0.601. The van der Waals surface area contributed by atoms with Crippen molar-refractivity contribution in [1.29, 1.82) is 0 Å². The third-order valence-electron chi connectivity index (χ3n) is 2.16. The molecule has 2 rings (SSSR count). The molecular formula is C12H14S. The fourth-order valence-electron chi connectivity index (χ4n) is 1.50. The number of hydrogen-bond acceptors (Lipinski definition) is 1. The largest absolute Gasteiger partial charge is 0.138 e. The summed E-state index contributed by atoms with van der Waals surface area (Å²) in [5.41, 5.74) is 0. The second kappa shape index (κ2) is 4.52. The summed E-state index contributed by atoms with van der Waals surface area (Å²) in [5, 5.41) is 1.15. The first-order valence-corrected chi connectivity index (χ1v) is 5.71. The average Bonchev–Trinajstić information content (AvgIpc) is 2.21. The predicted octanol–water partition coefficient (Wildman–Crippen LogP) is 3.49. The Kier molecular flexibility index (Phi) is 3.09. The molecule has 0 aromatic carbocycles. The van der Waals surface area contributed by atoms with E-state index in [0.29, 0.717) is 10.5 Å². The van der Waals surface area contributed by atoms with E-state index in [4.69, 9.17) is 0 Å². The lowest BCUT2D eigenvalue weighted by atomic mass is 10.2. The van der Waals surface area contributed by atoms with Crippen molar-refractivity contribution < 1.29 is 0 Å². The SMILES string of the molecule is C1=CC(SC2C=CCC=C2)C=CC1. The van der Waals surface area contributed by atoms with E-state index < -0.39 is 0 Å². The molecule has 0 N–H and O–H groups in total. The summed E-state index contributed by atoms with van der Waals surface area (Å²) in [4.78, 5) is 0. The van der Waals surface area contributed by atoms with E-state index >= 15 is 0 Å². The van der Waals surface area contributed by atoms with E-state index in [-0.39, 0.29) is 0 Å². The first kappa shape index (κ1) is 8.89. The molecule has 0 amide bonds. The minimum atomic E-state index is 0.575. The maximum Gasteiger partial charge on any atom is 0.0416 e. The molecular weight excluding hydrogens is 176 g/mol. The van der Waals surface area contributed by atoms with E-state index in [1.807, 2.05) is 11.8 Å². The molecule has 0 heterocycles. The first-order chi connectivity index (χ1) is 6.45.